The molecule has 0 saturated carbocycles. The van der Waals surface area contributed by atoms with E-state index < -0.39 is 0 Å². The number of allylic oxidation sites excluding steroid dienone is 1. The van der Waals surface area contributed by atoms with Gasteiger partial charge in [-0.1, -0.05) is 26.0 Å². The summed E-state index contributed by atoms with van der Waals surface area (Å²) in [5.41, 5.74) is 0.883. The molecular formula is C12H17NO. The minimum Gasteiger partial charge on any atom is -0.441 e. The molecule has 2 nitrogen and oxygen atoms in total. The van der Waals surface area contributed by atoms with Gasteiger partial charge in [0.2, 0.25) is 0 Å². The molecule has 1 aromatic heterocycles. The van der Waals surface area contributed by atoms with Crippen LogP contribution in [0.1, 0.15) is 44.0 Å². The van der Waals surface area contributed by atoms with Gasteiger partial charge in [0, 0.05) is 6.42 Å². The van der Waals surface area contributed by atoms with Gasteiger partial charge in [-0.2, -0.15) is 0 Å². The number of nitrogens with zero attached hydrogens (tertiary/aromatic N) is 1. The van der Waals surface area contributed by atoms with E-state index in [1.165, 1.54) is 0 Å². The summed E-state index contributed by atoms with van der Waals surface area (Å²) in [6, 6.07) is 0. The maximum absolute atomic E-state index is 5.54. The Hall–Kier alpha value is -1.31. The number of hydrogen-bond donors (Lipinski definition) is 0. The van der Waals surface area contributed by atoms with E-state index in [0.717, 1.165) is 36.6 Å². The van der Waals surface area contributed by atoms with Crippen LogP contribution in [-0.4, -0.2) is 4.98 Å². The lowest BCUT2D eigenvalue weighted by molar-refractivity contribution is 0.479. The number of oxazole rings is 1. The second-order valence-electron chi connectivity index (χ2n) is 3.16. The molecule has 0 atom stereocenters. The Labute approximate surface area is 85.4 Å². The van der Waals surface area contributed by atoms with Crippen molar-refractivity contribution >= 4 is 12.2 Å². The highest BCUT2D eigenvalue weighted by atomic mass is 16.4. The Morgan fingerprint density at radius 3 is 2.86 bits per heavy atom. The van der Waals surface area contributed by atoms with Gasteiger partial charge in [-0.05, 0) is 25.5 Å². The summed E-state index contributed by atoms with van der Waals surface area (Å²) in [7, 11) is 0. The molecule has 1 aromatic rings. The Balaban J connectivity index is 2.83. The lowest BCUT2D eigenvalue weighted by atomic mass is 10.2. The lowest BCUT2D eigenvalue weighted by Crippen LogP contribution is -1.83. The highest BCUT2D eigenvalue weighted by Gasteiger charge is 2.06. The van der Waals surface area contributed by atoms with Crippen LogP contribution in [-0.2, 0) is 6.42 Å². The zero-order valence-corrected chi connectivity index (χ0v) is 8.92. The summed E-state index contributed by atoms with van der Waals surface area (Å²) in [4.78, 5) is 4.38. The molecule has 0 aromatic carbocycles. The fraction of sp³-hybridized carbons (Fsp3) is 0.417. The third-order valence-electron chi connectivity index (χ3n) is 1.98. The summed E-state index contributed by atoms with van der Waals surface area (Å²) in [5.74, 6) is 1.59. The van der Waals surface area contributed by atoms with Crippen LogP contribution in [0.25, 0.3) is 12.2 Å². The van der Waals surface area contributed by atoms with Crippen molar-refractivity contribution in [3.63, 3.8) is 0 Å². The van der Waals surface area contributed by atoms with E-state index >= 15 is 0 Å². The Bertz CT molecular complexity index is 323. The van der Waals surface area contributed by atoms with Crippen molar-refractivity contribution < 1.29 is 4.42 Å². The number of unbranched alkanes of at least 4 members (excludes halogenated alkanes) is 1. The number of rotatable bonds is 5. The average molecular weight is 191 g/mol. The summed E-state index contributed by atoms with van der Waals surface area (Å²) >= 11 is 0. The van der Waals surface area contributed by atoms with Gasteiger partial charge in [0.05, 0.1) is 0 Å². The van der Waals surface area contributed by atoms with Crippen molar-refractivity contribution in [1.82, 2.24) is 4.98 Å². The van der Waals surface area contributed by atoms with E-state index in [1.54, 1.807) is 6.08 Å². The maximum Gasteiger partial charge on any atom is 0.195 e. The molecule has 76 valence electrons. The van der Waals surface area contributed by atoms with Gasteiger partial charge in [-0.3, -0.25) is 0 Å². The van der Waals surface area contributed by atoms with Crippen molar-refractivity contribution in [2.24, 2.45) is 0 Å². The molecule has 0 unspecified atom stereocenters. The van der Waals surface area contributed by atoms with E-state index in [-0.39, 0.29) is 0 Å². The molecule has 2 heteroatoms. The number of aromatic nitrogens is 1. The number of aryl methyl sites for hydroxylation is 1. The normalized spacial score (nSPS) is 11.0. The quantitative estimate of drug-likeness (QED) is 0.709. The predicted octanol–water partition coefficient (Wildman–Crippen LogP) is 3.69. The average Bonchev–Trinajstić information content (AvgIpc) is 2.58. The molecule has 0 bridgehead atoms. The second-order valence-corrected chi connectivity index (χ2v) is 3.16. The molecular weight excluding hydrogens is 174 g/mol. The zero-order valence-electron chi connectivity index (χ0n) is 8.92. The SMILES string of the molecule is C=Cc1oc(CCCC)nc1/C=C\C. The van der Waals surface area contributed by atoms with Crippen LogP contribution < -0.4 is 0 Å². The largest absolute Gasteiger partial charge is 0.441 e. The Kier molecular flexibility index (Phi) is 4.17. The highest BCUT2D eigenvalue weighted by Crippen LogP contribution is 2.15. The number of hydrogen-bond acceptors (Lipinski definition) is 2. The summed E-state index contributed by atoms with van der Waals surface area (Å²) in [5, 5.41) is 0. The Morgan fingerprint density at radius 2 is 2.29 bits per heavy atom. The molecule has 0 fully saturated rings. The molecule has 0 saturated heterocycles. The Morgan fingerprint density at radius 1 is 1.50 bits per heavy atom. The zero-order chi connectivity index (χ0) is 10.4. The molecule has 0 amide bonds. The van der Waals surface area contributed by atoms with Gasteiger partial charge in [-0.15, -0.1) is 0 Å². The fourth-order valence-electron chi connectivity index (χ4n) is 1.25. The minimum absolute atomic E-state index is 0.772. The molecule has 0 aliphatic rings. The van der Waals surface area contributed by atoms with Crippen molar-refractivity contribution in [2.45, 2.75) is 33.1 Å². The summed E-state index contributed by atoms with van der Waals surface area (Å²) in [6.45, 7) is 7.82. The first-order valence-corrected chi connectivity index (χ1v) is 5.06. The fourth-order valence-corrected chi connectivity index (χ4v) is 1.25. The van der Waals surface area contributed by atoms with E-state index in [9.17, 15) is 0 Å². The summed E-state index contributed by atoms with van der Waals surface area (Å²) < 4.78 is 5.54. The van der Waals surface area contributed by atoms with E-state index in [4.69, 9.17) is 4.42 Å². The van der Waals surface area contributed by atoms with Crippen molar-refractivity contribution in [2.75, 3.05) is 0 Å². The van der Waals surface area contributed by atoms with Crippen LogP contribution in [0, 0.1) is 0 Å². The van der Waals surface area contributed by atoms with Crippen molar-refractivity contribution in [1.29, 1.82) is 0 Å². The van der Waals surface area contributed by atoms with Crippen LogP contribution in [0.5, 0.6) is 0 Å². The summed E-state index contributed by atoms with van der Waals surface area (Å²) in [6.07, 6.45) is 8.79. The van der Waals surface area contributed by atoms with Crippen molar-refractivity contribution in [3.05, 3.63) is 30.0 Å². The standard InChI is InChI=1S/C12H17NO/c1-4-7-9-12-13-10(8-5-2)11(6-3)14-12/h5-6,8H,3-4,7,9H2,1-2H3/b8-5-. The van der Waals surface area contributed by atoms with Crippen LogP contribution in [0.15, 0.2) is 17.1 Å². The van der Waals surface area contributed by atoms with Crippen LogP contribution in [0.2, 0.25) is 0 Å². The van der Waals surface area contributed by atoms with E-state index in [2.05, 4.69) is 18.5 Å². The van der Waals surface area contributed by atoms with Crippen LogP contribution in [0.3, 0.4) is 0 Å². The molecule has 0 aliphatic heterocycles. The van der Waals surface area contributed by atoms with Crippen molar-refractivity contribution in [3.8, 4) is 0 Å². The van der Waals surface area contributed by atoms with Gasteiger partial charge in [0.1, 0.15) is 5.69 Å². The van der Waals surface area contributed by atoms with Crippen LogP contribution >= 0.6 is 0 Å². The van der Waals surface area contributed by atoms with Gasteiger partial charge < -0.3 is 4.42 Å². The second kappa shape index (κ2) is 5.43. The van der Waals surface area contributed by atoms with Crippen LogP contribution in [0.4, 0.5) is 0 Å². The predicted molar refractivity (Wildman–Crippen MR) is 59.9 cm³/mol. The molecule has 1 heterocycles. The highest BCUT2D eigenvalue weighted by molar-refractivity contribution is 5.56. The monoisotopic (exact) mass is 191 g/mol. The minimum atomic E-state index is 0.772. The van der Waals surface area contributed by atoms with Gasteiger partial charge >= 0.3 is 0 Å². The topological polar surface area (TPSA) is 26.0 Å². The molecule has 0 radical (unpaired) electrons. The van der Waals surface area contributed by atoms with Gasteiger partial charge in [0.25, 0.3) is 0 Å². The smallest absolute Gasteiger partial charge is 0.195 e. The molecule has 0 spiro atoms. The van der Waals surface area contributed by atoms with E-state index in [1.807, 2.05) is 19.1 Å². The third kappa shape index (κ3) is 2.59. The molecule has 1 rings (SSSR count). The van der Waals surface area contributed by atoms with Gasteiger partial charge in [0.15, 0.2) is 11.7 Å². The van der Waals surface area contributed by atoms with E-state index in [0.29, 0.717) is 0 Å². The third-order valence-corrected chi connectivity index (χ3v) is 1.98. The first kappa shape index (κ1) is 10.8. The first-order valence-electron chi connectivity index (χ1n) is 5.06. The molecule has 14 heavy (non-hydrogen) atoms. The van der Waals surface area contributed by atoms with Gasteiger partial charge in [-0.25, -0.2) is 4.98 Å². The molecule has 0 N–H and O–H groups in total. The lowest BCUT2D eigenvalue weighted by Gasteiger charge is -1.89. The maximum atomic E-state index is 5.54. The molecule has 0 aliphatic carbocycles. The first-order chi connectivity index (χ1) is 6.81.